The van der Waals surface area contributed by atoms with E-state index in [1.807, 2.05) is 24.3 Å². The molecule has 22 heavy (non-hydrogen) atoms. The van der Waals surface area contributed by atoms with Gasteiger partial charge in [0.15, 0.2) is 6.10 Å². The molecule has 6 heteroatoms. The Morgan fingerprint density at radius 3 is 2.82 bits per heavy atom. The SMILES string of the molecule is CC(OC(=O)C1CCC(=O)N1)C(=O)c1c[nH]c2ccccc12. The molecule has 1 fully saturated rings. The Labute approximate surface area is 126 Å². The van der Waals surface area contributed by atoms with Crippen molar-refractivity contribution >= 4 is 28.6 Å². The Morgan fingerprint density at radius 2 is 2.09 bits per heavy atom. The number of para-hydroxylation sites is 1. The minimum Gasteiger partial charge on any atom is -0.453 e. The van der Waals surface area contributed by atoms with Gasteiger partial charge in [-0.15, -0.1) is 0 Å². The number of esters is 1. The second-order valence-corrected chi connectivity index (χ2v) is 5.35. The van der Waals surface area contributed by atoms with Crippen LogP contribution in [-0.2, 0) is 14.3 Å². The Balaban J connectivity index is 1.72. The zero-order valence-corrected chi connectivity index (χ0v) is 12.1. The highest BCUT2D eigenvalue weighted by Crippen LogP contribution is 2.20. The van der Waals surface area contributed by atoms with Gasteiger partial charge in [-0.2, -0.15) is 0 Å². The standard InChI is InChI=1S/C16H16N2O4/c1-9(22-16(21)13-6-7-14(19)18-13)15(20)11-8-17-12-5-3-2-4-10(11)12/h2-5,8-9,13,17H,6-7H2,1H3,(H,18,19). The molecule has 0 radical (unpaired) electrons. The second-order valence-electron chi connectivity index (χ2n) is 5.35. The fourth-order valence-corrected chi connectivity index (χ4v) is 2.60. The zero-order valence-electron chi connectivity index (χ0n) is 12.1. The first-order valence-corrected chi connectivity index (χ1v) is 7.16. The van der Waals surface area contributed by atoms with Gasteiger partial charge in [0.2, 0.25) is 11.7 Å². The van der Waals surface area contributed by atoms with Gasteiger partial charge in [-0.25, -0.2) is 4.79 Å². The summed E-state index contributed by atoms with van der Waals surface area (Å²) in [6.45, 7) is 1.54. The molecule has 1 aliphatic rings. The molecule has 0 spiro atoms. The topological polar surface area (TPSA) is 88.3 Å². The lowest BCUT2D eigenvalue weighted by molar-refractivity contribution is -0.149. The Hall–Kier alpha value is -2.63. The van der Waals surface area contributed by atoms with Crippen molar-refractivity contribution in [3.05, 3.63) is 36.0 Å². The number of benzene rings is 1. The van der Waals surface area contributed by atoms with E-state index in [1.165, 1.54) is 0 Å². The number of rotatable bonds is 4. The summed E-state index contributed by atoms with van der Waals surface area (Å²) in [7, 11) is 0. The van der Waals surface area contributed by atoms with Crippen LogP contribution >= 0.6 is 0 Å². The molecule has 2 unspecified atom stereocenters. The molecule has 1 amide bonds. The highest BCUT2D eigenvalue weighted by atomic mass is 16.5. The summed E-state index contributed by atoms with van der Waals surface area (Å²) in [6, 6.07) is 6.78. The Bertz CT molecular complexity index is 749. The molecule has 1 saturated heterocycles. The lowest BCUT2D eigenvalue weighted by Crippen LogP contribution is -2.37. The molecule has 2 aromatic rings. The van der Waals surface area contributed by atoms with Gasteiger partial charge >= 0.3 is 5.97 Å². The van der Waals surface area contributed by atoms with Crippen molar-refractivity contribution in [2.24, 2.45) is 0 Å². The van der Waals surface area contributed by atoms with Crippen LogP contribution in [0.4, 0.5) is 0 Å². The summed E-state index contributed by atoms with van der Waals surface area (Å²) in [5.74, 6) is -1.00. The minimum atomic E-state index is -0.899. The fraction of sp³-hybridized carbons (Fsp3) is 0.312. The zero-order chi connectivity index (χ0) is 15.7. The van der Waals surface area contributed by atoms with E-state index in [1.54, 1.807) is 13.1 Å². The summed E-state index contributed by atoms with van der Waals surface area (Å²) in [6.07, 6.45) is 1.44. The lowest BCUT2D eigenvalue weighted by atomic mass is 10.1. The smallest absolute Gasteiger partial charge is 0.329 e. The van der Waals surface area contributed by atoms with Crippen molar-refractivity contribution in [1.82, 2.24) is 10.3 Å². The number of nitrogens with one attached hydrogen (secondary N) is 2. The van der Waals surface area contributed by atoms with Crippen molar-refractivity contribution in [2.75, 3.05) is 0 Å². The van der Waals surface area contributed by atoms with Crippen LogP contribution in [0.15, 0.2) is 30.5 Å². The number of hydrogen-bond acceptors (Lipinski definition) is 4. The maximum absolute atomic E-state index is 12.4. The number of aromatic amines is 1. The number of aromatic nitrogens is 1. The van der Waals surface area contributed by atoms with Gasteiger partial charge in [0.25, 0.3) is 0 Å². The van der Waals surface area contributed by atoms with E-state index in [4.69, 9.17) is 4.74 Å². The molecule has 1 aromatic carbocycles. The summed E-state index contributed by atoms with van der Waals surface area (Å²) in [4.78, 5) is 38.5. The van der Waals surface area contributed by atoms with Crippen LogP contribution in [0.1, 0.15) is 30.1 Å². The van der Waals surface area contributed by atoms with Gasteiger partial charge in [-0.1, -0.05) is 18.2 Å². The number of amides is 1. The molecule has 0 bridgehead atoms. The third-order valence-corrected chi connectivity index (χ3v) is 3.80. The molecule has 1 aromatic heterocycles. The number of fused-ring (bicyclic) bond motifs is 1. The number of carbonyl (C=O) groups is 3. The number of H-pyrrole nitrogens is 1. The number of ketones is 1. The first kappa shape index (κ1) is 14.3. The number of Topliss-reactive ketones (excluding diaryl/α,β-unsaturated/α-hetero) is 1. The average Bonchev–Trinajstić information content (AvgIpc) is 3.12. The van der Waals surface area contributed by atoms with E-state index >= 15 is 0 Å². The van der Waals surface area contributed by atoms with Crippen LogP contribution in [0, 0.1) is 0 Å². The number of ether oxygens (including phenoxy) is 1. The summed E-state index contributed by atoms with van der Waals surface area (Å²) in [5, 5.41) is 3.33. The van der Waals surface area contributed by atoms with Crippen LogP contribution in [0.3, 0.4) is 0 Å². The van der Waals surface area contributed by atoms with Gasteiger partial charge in [0.05, 0.1) is 0 Å². The monoisotopic (exact) mass is 300 g/mol. The third kappa shape index (κ3) is 2.59. The highest BCUT2D eigenvalue weighted by molar-refractivity contribution is 6.10. The van der Waals surface area contributed by atoms with Crippen molar-refractivity contribution in [1.29, 1.82) is 0 Å². The average molecular weight is 300 g/mol. The van der Waals surface area contributed by atoms with Crippen LogP contribution in [-0.4, -0.2) is 34.8 Å². The molecule has 0 saturated carbocycles. The Kier molecular flexibility index (Phi) is 3.66. The maximum atomic E-state index is 12.4. The van der Waals surface area contributed by atoms with Crippen LogP contribution in [0.25, 0.3) is 10.9 Å². The third-order valence-electron chi connectivity index (χ3n) is 3.80. The van der Waals surface area contributed by atoms with Crippen LogP contribution in [0.5, 0.6) is 0 Å². The Morgan fingerprint density at radius 1 is 1.32 bits per heavy atom. The quantitative estimate of drug-likeness (QED) is 0.662. The van der Waals surface area contributed by atoms with Crippen molar-refractivity contribution in [3.63, 3.8) is 0 Å². The van der Waals surface area contributed by atoms with Crippen molar-refractivity contribution in [3.8, 4) is 0 Å². The van der Waals surface area contributed by atoms with Gasteiger partial charge in [0.1, 0.15) is 6.04 Å². The van der Waals surface area contributed by atoms with Gasteiger partial charge in [0, 0.05) is 29.1 Å². The molecule has 2 heterocycles. The minimum absolute atomic E-state index is 0.169. The van der Waals surface area contributed by atoms with E-state index in [9.17, 15) is 14.4 Å². The highest BCUT2D eigenvalue weighted by Gasteiger charge is 2.31. The molecule has 114 valence electrons. The predicted octanol–water partition coefficient (Wildman–Crippen LogP) is 1.56. The maximum Gasteiger partial charge on any atom is 0.329 e. The molecule has 2 N–H and O–H groups in total. The fourth-order valence-electron chi connectivity index (χ4n) is 2.60. The molecular formula is C16H16N2O4. The van der Waals surface area contributed by atoms with Gasteiger partial charge in [-0.3, -0.25) is 9.59 Å². The molecule has 6 nitrogen and oxygen atoms in total. The normalized spacial score (nSPS) is 19.0. The molecule has 1 aliphatic heterocycles. The van der Waals surface area contributed by atoms with E-state index in [2.05, 4.69) is 10.3 Å². The summed E-state index contributed by atoms with van der Waals surface area (Å²) in [5.41, 5.74) is 1.35. The summed E-state index contributed by atoms with van der Waals surface area (Å²) < 4.78 is 5.20. The second kappa shape index (κ2) is 5.63. The van der Waals surface area contributed by atoms with Crippen LogP contribution in [0.2, 0.25) is 0 Å². The molecular weight excluding hydrogens is 284 g/mol. The van der Waals surface area contributed by atoms with E-state index in [-0.39, 0.29) is 11.7 Å². The van der Waals surface area contributed by atoms with Gasteiger partial charge in [-0.05, 0) is 19.4 Å². The van der Waals surface area contributed by atoms with Crippen molar-refractivity contribution in [2.45, 2.75) is 31.9 Å². The largest absolute Gasteiger partial charge is 0.453 e. The lowest BCUT2D eigenvalue weighted by Gasteiger charge is -2.15. The van der Waals surface area contributed by atoms with Crippen molar-refractivity contribution < 1.29 is 19.1 Å². The van der Waals surface area contributed by atoms with E-state index in [0.29, 0.717) is 18.4 Å². The molecule has 0 aliphatic carbocycles. The first-order valence-electron chi connectivity index (χ1n) is 7.16. The van der Waals surface area contributed by atoms with E-state index < -0.39 is 18.1 Å². The predicted molar refractivity (Wildman–Crippen MR) is 79.3 cm³/mol. The van der Waals surface area contributed by atoms with Gasteiger partial charge < -0.3 is 15.0 Å². The number of carbonyl (C=O) groups excluding carboxylic acids is 3. The summed E-state index contributed by atoms with van der Waals surface area (Å²) >= 11 is 0. The molecule has 2 atom stereocenters. The van der Waals surface area contributed by atoms with Crippen LogP contribution < -0.4 is 5.32 Å². The molecule has 3 rings (SSSR count). The first-order chi connectivity index (χ1) is 10.6. The van der Waals surface area contributed by atoms with E-state index in [0.717, 1.165) is 10.9 Å². The number of hydrogen-bond donors (Lipinski definition) is 2.